The molecule has 2 heterocycles. The van der Waals surface area contributed by atoms with E-state index in [4.69, 9.17) is 4.74 Å². The van der Waals surface area contributed by atoms with Crippen LogP contribution < -0.4 is 0 Å². The van der Waals surface area contributed by atoms with Crippen molar-refractivity contribution in [3.8, 4) is 17.2 Å². The van der Waals surface area contributed by atoms with Crippen molar-refractivity contribution in [1.29, 1.82) is 0 Å². The summed E-state index contributed by atoms with van der Waals surface area (Å²) >= 11 is 1.33. The number of esters is 1. The van der Waals surface area contributed by atoms with E-state index in [0.29, 0.717) is 17.6 Å². The van der Waals surface area contributed by atoms with E-state index in [-0.39, 0.29) is 11.2 Å². The standard InChI is InChI=1S/C19H23N5O2S/c1-5-14-12-16(23(4)22-14)17-20-21-19(27-13(3)18(25)26-6-2)24(17)15-10-8-7-9-11-15/h7-13H,5-6H2,1-4H3. The summed E-state index contributed by atoms with van der Waals surface area (Å²) in [5.74, 6) is 0.426. The number of benzene rings is 1. The molecule has 0 amide bonds. The number of hydrogen-bond donors (Lipinski definition) is 0. The topological polar surface area (TPSA) is 74.8 Å². The second-order valence-electron chi connectivity index (χ2n) is 5.99. The van der Waals surface area contributed by atoms with Crippen LogP contribution in [-0.4, -0.2) is 42.4 Å². The maximum absolute atomic E-state index is 12.1. The van der Waals surface area contributed by atoms with Crippen LogP contribution in [0.3, 0.4) is 0 Å². The Labute approximate surface area is 162 Å². The average molecular weight is 385 g/mol. The highest BCUT2D eigenvalue weighted by Gasteiger charge is 2.24. The van der Waals surface area contributed by atoms with Crippen LogP contribution in [0, 0.1) is 0 Å². The van der Waals surface area contributed by atoms with Crippen LogP contribution in [-0.2, 0) is 23.0 Å². The molecule has 7 nitrogen and oxygen atoms in total. The van der Waals surface area contributed by atoms with Gasteiger partial charge in [0.15, 0.2) is 11.0 Å². The van der Waals surface area contributed by atoms with E-state index in [9.17, 15) is 4.79 Å². The molecule has 2 aromatic heterocycles. The van der Waals surface area contributed by atoms with E-state index in [1.54, 1.807) is 6.92 Å². The van der Waals surface area contributed by atoms with E-state index in [2.05, 4.69) is 22.2 Å². The highest BCUT2D eigenvalue weighted by atomic mass is 32.2. The monoisotopic (exact) mass is 385 g/mol. The van der Waals surface area contributed by atoms with Crippen LogP contribution in [0.4, 0.5) is 0 Å². The van der Waals surface area contributed by atoms with Gasteiger partial charge in [0.25, 0.3) is 0 Å². The summed E-state index contributed by atoms with van der Waals surface area (Å²) in [7, 11) is 1.90. The number of rotatable bonds is 7. The van der Waals surface area contributed by atoms with Crippen LogP contribution in [0.25, 0.3) is 17.2 Å². The van der Waals surface area contributed by atoms with Gasteiger partial charge in [-0.05, 0) is 38.5 Å². The number of ether oxygens (including phenoxy) is 1. The average Bonchev–Trinajstić information content (AvgIpc) is 3.25. The number of aryl methyl sites for hydroxylation is 2. The molecule has 0 N–H and O–H groups in total. The minimum Gasteiger partial charge on any atom is -0.465 e. The van der Waals surface area contributed by atoms with Gasteiger partial charge in [0.1, 0.15) is 10.9 Å². The van der Waals surface area contributed by atoms with Crippen molar-refractivity contribution >= 4 is 17.7 Å². The summed E-state index contributed by atoms with van der Waals surface area (Å²) in [5.41, 5.74) is 2.79. The molecule has 0 saturated carbocycles. The third kappa shape index (κ3) is 4.05. The molecule has 0 saturated heterocycles. The highest BCUT2D eigenvalue weighted by molar-refractivity contribution is 8.00. The minimum absolute atomic E-state index is 0.263. The molecule has 1 atom stereocenters. The van der Waals surface area contributed by atoms with Gasteiger partial charge in [-0.15, -0.1) is 10.2 Å². The van der Waals surface area contributed by atoms with Crippen molar-refractivity contribution in [2.24, 2.45) is 7.05 Å². The number of thioether (sulfide) groups is 1. The predicted octanol–water partition coefficient (Wildman–Crippen LogP) is 3.27. The second kappa shape index (κ2) is 8.39. The molecule has 1 aromatic carbocycles. The van der Waals surface area contributed by atoms with Crippen molar-refractivity contribution in [3.63, 3.8) is 0 Å². The Morgan fingerprint density at radius 2 is 1.96 bits per heavy atom. The van der Waals surface area contributed by atoms with E-state index in [1.807, 2.05) is 59.6 Å². The third-order valence-corrected chi connectivity index (χ3v) is 5.09. The smallest absolute Gasteiger partial charge is 0.319 e. The van der Waals surface area contributed by atoms with Crippen LogP contribution in [0.5, 0.6) is 0 Å². The first-order valence-corrected chi connectivity index (χ1v) is 9.80. The maximum atomic E-state index is 12.1. The Bertz CT molecular complexity index is 920. The Balaban J connectivity index is 2.06. The molecule has 142 valence electrons. The summed E-state index contributed by atoms with van der Waals surface area (Å²) in [5, 5.41) is 13.5. The molecular formula is C19H23N5O2S. The molecule has 0 fully saturated rings. The molecule has 3 aromatic rings. The van der Waals surface area contributed by atoms with Crippen molar-refractivity contribution in [2.75, 3.05) is 6.61 Å². The zero-order chi connectivity index (χ0) is 19.4. The van der Waals surface area contributed by atoms with Crippen LogP contribution in [0.15, 0.2) is 41.6 Å². The maximum Gasteiger partial charge on any atom is 0.319 e. The first kappa shape index (κ1) is 19.2. The predicted molar refractivity (Wildman–Crippen MR) is 105 cm³/mol. The molecule has 0 aliphatic heterocycles. The highest BCUT2D eigenvalue weighted by Crippen LogP contribution is 2.30. The largest absolute Gasteiger partial charge is 0.465 e. The molecule has 0 spiro atoms. The Morgan fingerprint density at radius 3 is 2.59 bits per heavy atom. The lowest BCUT2D eigenvalue weighted by molar-refractivity contribution is -0.142. The van der Waals surface area contributed by atoms with Crippen LogP contribution >= 0.6 is 11.8 Å². The summed E-state index contributed by atoms with van der Waals surface area (Å²) in [4.78, 5) is 12.1. The zero-order valence-electron chi connectivity index (χ0n) is 15.9. The molecule has 0 radical (unpaired) electrons. The number of carbonyl (C=O) groups is 1. The number of carbonyl (C=O) groups excluding carboxylic acids is 1. The summed E-state index contributed by atoms with van der Waals surface area (Å²) in [6.45, 7) is 6.03. The van der Waals surface area contributed by atoms with Crippen LogP contribution in [0.2, 0.25) is 0 Å². The van der Waals surface area contributed by atoms with Gasteiger partial charge in [-0.2, -0.15) is 5.10 Å². The molecule has 1 unspecified atom stereocenters. The molecule has 8 heteroatoms. The molecular weight excluding hydrogens is 362 g/mol. The summed E-state index contributed by atoms with van der Waals surface area (Å²) < 4.78 is 8.88. The van der Waals surface area contributed by atoms with Crippen molar-refractivity contribution in [2.45, 2.75) is 37.6 Å². The molecule has 27 heavy (non-hydrogen) atoms. The second-order valence-corrected chi connectivity index (χ2v) is 7.30. The van der Waals surface area contributed by atoms with Crippen molar-refractivity contribution in [1.82, 2.24) is 24.5 Å². The SMILES string of the molecule is CCOC(=O)C(C)Sc1nnc(-c2cc(CC)nn2C)n1-c1ccccc1. The van der Waals surface area contributed by atoms with Gasteiger partial charge in [0, 0.05) is 12.7 Å². The Morgan fingerprint density at radius 1 is 1.22 bits per heavy atom. The number of aromatic nitrogens is 5. The first-order chi connectivity index (χ1) is 13.0. The fourth-order valence-corrected chi connectivity index (χ4v) is 3.56. The lowest BCUT2D eigenvalue weighted by Gasteiger charge is -2.13. The Kier molecular flexibility index (Phi) is 5.95. The van der Waals surface area contributed by atoms with Gasteiger partial charge in [0.05, 0.1) is 12.3 Å². The van der Waals surface area contributed by atoms with E-state index >= 15 is 0 Å². The van der Waals surface area contributed by atoms with Gasteiger partial charge < -0.3 is 4.74 Å². The minimum atomic E-state index is -0.387. The lowest BCUT2D eigenvalue weighted by atomic mass is 10.2. The number of para-hydroxylation sites is 1. The lowest BCUT2D eigenvalue weighted by Crippen LogP contribution is -2.17. The zero-order valence-corrected chi connectivity index (χ0v) is 16.7. The van der Waals surface area contributed by atoms with Gasteiger partial charge in [-0.25, -0.2) is 0 Å². The van der Waals surface area contributed by atoms with Gasteiger partial charge >= 0.3 is 5.97 Å². The van der Waals surface area contributed by atoms with E-state index < -0.39 is 0 Å². The van der Waals surface area contributed by atoms with E-state index in [1.165, 1.54) is 11.8 Å². The number of hydrogen-bond acceptors (Lipinski definition) is 6. The van der Waals surface area contributed by atoms with E-state index in [0.717, 1.165) is 23.5 Å². The molecule has 0 bridgehead atoms. The van der Waals surface area contributed by atoms with Crippen LogP contribution in [0.1, 0.15) is 26.5 Å². The van der Waals surface area contributed by atoms with Crippen molar-refractivity contribution in [3.05, 3.63) is 42.1 Å². The summed E-state index contributed by atoms with van der Waals surface area (Å²) in [6, 6.07) is 11.9. The first-order valence-electron chi connectivity index (χ1n) is 8.92. The van der Waals surface area contributed by atoms with Gasteiger partial charge in [0.2, 0.25) is 0 Å². The summed E-state index contributed by atoms with van der Waals surface area (Å²) in [6.07, 6.45) is 0.842. The van der Waals surface area contributed by atoms with Gasteiger partial charge in [-0.1, -0.05) is 36.9 Å². The molecule has 0 aliphatic rings. The fraction of sp³-hybridized carbons (Fsp3) is 0.368. The fourth-order valence-electron chi connectivity index (χ4n) is 2.70. The quantitative estimate of drug-likeness (QED) is 0.459. The Hall–Kier alpha value is -2.61. The number of nitrogens with zero attached hydrogens (tertiary/aromatic N) is 5. The van der Waals surface area contributed by atoms with Crippen molar-refractivity contribution < 1.29 is 9.53 Å². The molecule has 3 rings (SSSR count). The third-order valence-electron chi connectivity index (χ3n) is 4.07. The molecule has 0 aliphatic carbocycles. The normalized spacial score (nSPS) is 12.1. The van der Waals surface area contributed by atoms with Gasteiger partial charge in [-0.3, -0.25) is 14.0 Å².